The van der Waals surface area contributed by atoms with Gasteiger partial charge < -0.3 is 9.73 Å². The van der Waals surface area contributed by atoms with E-state index in [4.69, 9.17) is 4.42 Å². The maximum atomic E-state index is 5.14. The topological polar surface area (TPSA) is 38.1 Å². The Kier molecular flexibility index (Phi) is 3.37. The Bertz CT molecular complexity index is 437. The van der Waals surface area contributed by atoms with Crippen molar-refractivity contribution in [2.75, 3.05) is 6.54 Å². The van der Waals surface area contributed by atoms with Crippen LogP contribution in [0.15, 0.2) is 41.3 Å². The van der Waals surface area contributed by atoms with E-state index in [0.717, 1.165) is 17.8 Å². The molecule has 1 N–H and O–H groups in total. The highest BCUT2D eigenvalue weighted by Gasteiger charge is 2.16. The Morgan fingerprint density at radius 2 is 2.31 bits per heavy atom. The first-order valence-corrected chi connectivity index (χ1v) is 5.50. The summed E-state index contributed by atoms with van der Waals surface area (Å²) in [6.45, 7) is 5.03. The lowest BCUT2D eigenvalue weighted by atomic mass is 10.0. The fourth-order valence-electron chi connectivity index (χ4n) is 1.85. The highest BCUT2D eigenvalue weighted by atomic mass is 16.3. The molecule has 0 fully saturated rings. The number of pyridine rings is 1. The van der Waals surface area contributed by atoms with Crippen LogP contribution in [0.5, 0.6) is 0 Å². The molecule has 0 aliphatic carbocycles. The van der Waals surface area contributed by atoms with Crippen LogP contribution in [0.25, 0.3) is 0 Å². The Balaban J connectivity index is 2.37. The van der Waals surface area contributed by atoms with Crippen molar-refractivity contribution < 1.29 is 4.42 Å². The molecule has 1 atom stereocenters. The second-order valence-corrected chi connectivity index (χ2v) is 3.73. The minimum atomic E-state index is 0.164. The van der Waals surface area contributed by atoms with Crippen molar-refractivity contribution in [3.8, 4) is 0 Å². The largest absolute Gasteiger partial charge is 0.472 e. The highest BCUT2D eigenvalue weighted by Crippen LogP contribution is 2.23. The van der Waals surface area contributed by atoms with Crippen molar-refractivity contribution in [3.05, 3.63) is 53.7 Å². The predicted molar refractivity (Wildman–Crippen MR) is 63.2 cm³/mol. The summed E-state index contributed by atoms with van der Waals surface area (Å²) in [6, 6.07) is 6.22. The van der Waals surface area contributed by atoms with Crippen LogP contribution in [0, 0.1) is 6.92 Å². The van der Waals surface area contributed by atoms with E-state index in [0.29, 0.717) is 0 Å². The van der Waals surface area contributed by atoms with E-state index < -0.39 is 0 Å². The molecule has 84 valence electrons. The molecule has 3 heteroatoms. The minimum Gasteiger partial charge on any atom is -0.472 e. The van der Waals surface area contributed by atoms with Gasteiger partial charge >= 0.3 is 0 Å². The van der Waals surface area contributed by atoms with Crippen molar-refractivity contribution >= 4 is 0 Å². The van der Waals surface area contributed by atoms with Crippen LogP contribution in [0.4, 0.5) is 0 Å². The Labute approximate surface area is 95.5 Å². The van der Waals surface area contributed by atoms with E-state index in [1.807, 2.05) is 25.3 Å². The van der Waals surface area contributed by atoms with E-state index in [9.17, 15) is 0 Å². The molecule has 0 saturated carbocycles. The smallest absolute Gasteiger partial charge is 0.0953 e. The second-order valence-electron chi connectivity index (χ2n) is 3.73. The van der Waals surface area contributed by atoms with Gasteiger partial charge in [-0.05, 0) is 31.2 Å². The molecule has 0 aromatic carbocycles. The van der Waals surface area contributed by atoms with Crippen LogP contribution in [0.2, 0.25) is 0 Å². The number of nitrogens with zero attached hydrogens (tertiary/aromatic N) is 1. The Hall–Kier alpha value is -1.61. The van der Waals surface area contributed by atoms with Gasteiger partial charge in [-0.1, -0.05) is 13.0 Å². The summed E-state index contributed by atoms with van der Waals surface area (Å²) < 4.78 is 5.14. The quantitative estimate of drug-likeness (QED) is 0.853. The first-order valence-electron chi connectivity index (χ1n) is 5.50. The zero-order valence-electron chi connectivity index (χ0n) is 9.60. The summed E-state index contributed by atoms with van der Waals surface area (Å²) in [4.78, 5) is 4.32. The summed E-state index contributed by atoms with van der Waals surface area (Å²) in [5.74, 6) is 0. The van der Waals surface area contributed by atoms with E-state index in [-0.39, 0.29) is 6.04 Å². The molecule has 0 radical (unpaired) electrons. The molecule has 2 aromatic heterocycles. The zero-order valence-corrected chi connectivity index (χ0v) is 9.60. The molecule has 0 aliphatic rings. The molecule has 3 nitrogen and oxygen atoms in total. The maximum Gasteiger partial charge on any atom is 0.0953 e. The minimum absolute atomic E-state index is 0.164. The predicted octanol–water partition coefficient (Wildman–Crippen LogP) is 2.68. The van der Waals surface area contributed by atoms with Gasteiger partial charge in [0.2, 0.25) is 0 Å². The van der Waals surface area contributed by atoms with Gasteiger partial charge in [-0.25, -0.2) is 0 Å². The number of aryl methyl sites for hydroxylation is 1. The van der Waals surface area contributed by atoms with Crippen molar-refractivity contribution in [1.82, 2.24) is 10.3 Å². The van der Waals surface area contributed by atoms with E-state index >= 15 is 0 Å². The summed E-state index contributed by atoms with van der Waals surface area (Å²) in [6.07, 6.45) is 5.29. The van der Waals surface area contributed by atoms with Crippen LogP contribution in [-0.2, 0) is 0 Å². The van der Waals surface area contributed by atoms with Gasteiger partial charge in [-0.15, -0.1) is 0 Å². The van der Waals surface area contributed by atoms with Crippen molar-refractivity contribution in [1.29, 1.82) is 0 Å². The van der Waals surface area contributed by atoms with Crippen LogP contribution in [0.3, 0.4) is 0 Å². The van der Waals surface area contributed by atoms with E-state index in [1.165, 1.54) is 5.56 Å². The molecule has 2 heterocycles. The van der Waals surface area contributed by atoms with Gasteiger partial charge in [0, 0.05) is 17.5 Å². The van der Waals surface area contributed by atoms with Gasteiger partial charge in [0.25, 0.3) is 0 Å². The Morgan fingerprint density at radius 3 is 2.94 bits per heavy atom. The number of nitrogens with one attached hydrogen (secondary N) is 1. The van der Waals surface area contributed by atoms with E-state index in [2.05, 4.69) is 23.3 Å². The maximum absolute atomic E-state index is 5.14. The molecule has 0 amide bonds. The fourth-order valence-corrected chi connectivity index (χ4v) is 1.85. The lowest BCUT2D eigenvalue weighted by molar-refractivity contribution is 0.552. The fraction of sp³-hybridized carbons (Fsp3) is 0.308. The molecular weight excluding hydrogens is 200 g/mol. The standard InChI is InChI=1S/C13H16N2O/c1-3-14-13(11-6-8-16-9-11)12-5-4-7-15-10(12)2/h4-9,13-14H,3H2,1-2H3. The monoisotopic (exact) mass is 216 g/mol. The van der Waals surface area contributed by atoms with Crippen molar-refractivity contribution in [2.45, 2.75) is 19.9 Å². The molecule has 0 spiro atoms. The van der Waals surface area contributed by atoms with Crippen LogP contribution in [0.1, 0.15) is 29.8 Å². The lowest BCUT2D eigenvalue weighted by Gasteiger charge is -2.18. The summed E-state index contributed by atoms with van der Waals surface area (Å²) in [5, 5.41) is 3.44. The van der Waals surface area contributed by atoms with Crippen LogP contribution >= 0.6 is 0 Å². The number of furan rings is 1. The number of rotatable bonds is 4. The molecule has 0 saturated heterocycles. The molecule has 0 aliphatic heterocycles. The average Bonchev–Trinajstić information content (AvgIpc) is 2.80. The Morgan fingerprint density at radius 1 is 1.44 bits per heavy atom. The van der Waals surface area contributed by atoms with E-state index in [1.54, 1.807) is 12.5 Å². The SMILES string of the molecule is CCNC(c1ccoc1)c1cccnc1C. The molecule has 16 heavy (non-hydrogen) atoms. The molecule has 1 unspecified atom stereocenters. The van der Waals surface area contributed by atoms with Gasteiger partial charge in [-0.2, -0.15) is 0 Å². The van der Waals surface area contributed by atoms with Gasteiger partial charge in [0.15, 0.2) is 0 Å². The number of hydrogen-bond donors (Lipinski definition) is 1. The molecule has 2 aromatic rings. The van der Waals surface area contributed by atoms with Crippen LogP contribution < -0.4 is 5.32 Å². The summed E-state index contributed by atoms with van der Waals surface area (Å²) in [5.41, 5.74) is 3.39. The lowest BCUT2D eigenvalue weighted by Crippen LogP contribution is -2.22. The number of aromatic nitrogens is 1. The van der Waals surface area contributed by atoms with Crippen LogP contribution in [-0.4, -0.2) is 11.5 Å². The third kappa shape index (κ3) is 2.14. The zero-order chi connectivity index (χ0) is 11.4. The highest BCUT2D eigenvalue weighted by molar-refractivity contribution is 5.31. The van der Waals surface area contributed by atoms with Crippen molar-refractivity contribution in [2.24, 2.45) is 0 Å². The van der Waals surface area contributed by atoms with Gasteiger partial charge in [-0.3, -0.25) is 4.98 Å². The molecule has 0 bridgehead atoms. The van der Waals surface area contributed by atoms with Crippen molar-refractivity contribution in [3.63, 3.8) is 0 Å². The molecular formula is C13H16N2O. The van der Waals surface area contributed by atoms with Gasteiger partial charge in [0.05, 0.1) is 18.6 Å². The third-order valence-electron chi connectivity index (χ3n) is 2.64. The second kappa shape index (κ2) is 4.94. The average molecular weight is 216 g/mol. The summed E-state index contributed by atoms with van der Waals surface area (Å²) >= 11 is 0. The third-order valence-corrected chi connectivity index (χ3v) is 2.64. The first kappa shape index (κ1) is 10.9. The summed E-state index contributed by atoms with van der Waals surface area (Å²) in [7, 11) is 0. The first-order chi connectivity index (χ1) is 7.83. The number of hydrogen-bond acceptors (Lipinski definition) is 3. The molecule has 2 rings (SSSR count). The normalized spacial score (nSPS) is 12.6. The van der Waals surface area contributed by atoms with Gasteiger partial charge in [0.1, 0.15) is 0 Å².